The fourth-order valence-electron chi connectivity index (χ4n) is 4.51. The fourth-order valence-corrected chi connectivity index (χ4v) is 4.51. The van der Waals surface area contributed by atoms with Gasteiger partial charge in [-0.2, -0.15) is 0 Å². The molecule has 2 aliphatic heterocycles. The monoisotopic (exact) mass is 402 g/mol. The van der Waals surface area contributed by atoms with Crippen molar-refractivity contribution >= 4 is 17.5 Å². The summed E-state index contributed by atoms with van der Waals surface area (Å²) >= 11 is 0. The van der Waals surface area contributed by atoms with Crippen molar-refractivity contribution < 1.29 is 5.11 Å². The molecule has 1 saturated heterocycles. The van der Waals surface area contributed by atoms with E-state index in [2.05, 4.69) is 54.3 Å². The Morgan fingerprint density at radius 1 is 0.933 bits per heavy atom. The number of nitrogens with zero attached hydrogens (tertiary/aromatic N) is 5. The number of rotatable bonds is 4. The van der Waals surface area contributed by atoms with Crippen LogP contribution in [0.15, 0.2) is 61.1 Å². The summed E-state index contributed by atoms with van der Waals surface area (Å²) < 4.78 is 0. The standard InChI is InChI=1S/C23H26N6O/c30-20-15-29(23-13-22(25-16-26-23)27-21-7-3-4-10-24-21)12-9-19(20)28-11-8-17-5-1-2-6-18(17)14-28/h1-7,10,13,16,19-20,30H,8-9,11-12,14-15H2,(H,24,25,26,27)/t19-,20-/m1/s1. The molecule has 4 heterocycles. The third-order valence-corrected chi connectivity index (χ3v) is 6.07. The van der Waals surface area contributed by atoms with Crippen molar-refractivity contribution in [3.8, 4) is 0 Å². The Labute approximate surface area is 176 Å². The van der Waals surface area contributed by atoms with Crippen LogP contribution in [0.3, 0.4) is 0 Å². The topological polar surface area (TPSA) is 77.4 Å². The Hall–Kier alpha value is -3.03. The molecule has 0 unspecified atom stereocenters. The third kappa shape index (κ3) is 3.99. The lowest BCUT2D eigenvalue weighted by atomic mass is 9.94. The van der Waals surface area contributed by atoms with E-state index >= 15 is 0 Å². The van der Waals surface area contributed by atoms with Crippen molar-refractivity contribution in [1.29, 1.82) is 0 Å². The molecule has 0 radical (unpaired) electrons. The van der Waals surface area contributed by atoms with Crippen LogP contribution in [-0.2, 0) is 13.0 Å². The first-order chi connectivity index (χ1) is 14.8. The van der Waals surface area contributed by atoms with E-state index in [0.717, 1.165) is 44.1 Å². The summed E-state index contributed by atoms with van der Waals surface area (Å²) in [5.74, 6) is 2.26. The van der Waals surface area contributed by atoms with Crippen molar-refractivity contribution in [2.75, 3.05) is 29.9 Å². The summed E-state index contributed by atoms with van der Waals surface area (Å²) in [7, 11) is 0. The largest absolute Gasteiger partial charge is 0.390 e. The van der Waals surface area contributed by atoms with Gasteiger partial charge in [0.15, 0.2) is 0 Å². The summed E-state index contributed by atoms with van der Waals surface area (Å²) in [5, 5.41) is 14.2. The Bertz CT molecular complexity index is 998. The van der Waals surface area contributed by atoms with E-state index < -0.39 is 6.10 Å². The van der Waals surface area contributed by atoms with E-state index in [1.165, 1.54) is 11.1 Å². The molecule has 5 rings (SSSR count). The van der Waals surface area contributed by atoms with E-state index in [1.807, 2.05) is 24.3 Å². The molecule has 0 amide bonds. The van der Waals surface area contributed by atoms with E-state index in [0.29, 0.717) is 12.4 Å². The number of hydrogen-bond donors (Lipinski definition) is 2. The van der Waals surface area contributed by atoms with Crippen molar-refractivity contribution in [3.63, 3.8) is 0 Å². The zero-order valence-electron chi connectivity index (χ0n) is 16.9. The van der Waals surface area contributed by atoms with Crippen molar-refractivity contribution in [1.82, 2.24) is 19.9 Å². The van der Waals surface area contributed by atoms with Crippen LogP contribution in [0, 0.1) is 0 Å². The highest BCUT2D eigenvalue weighted by Gasteiger charge is 2.34. The average molecular weight is 403 g/mol. The number of piperidine rings is 1. The second-order valence-electron chi connectivity index (χ2n) is 7.96. The molecule has 1 fully saturated rings. The summed E-state index contributed by atoms with van der Waals surface area (Å²) in [4.78, 5) is 17.6. The highest BCUT2D eigenvalue weighted by Crippen LogP contribution is 2.27. The maximum Gasteiger partial charge on any atom is 0.137 e. The lowest BCUT2D eigenvalue weighted by Gasteiger charge is -2.43. The molecule has 154 valence electrons. The first-order valence-electron chi connectivity index (χ1n) is 10.5. The molecular weight excluding hydrogens is 376 g/mol. The lowest BCUT2D eigenvalue weighted by molar-refractivity contribution is 0.0293. The number of aromatic nitrogens is 3. The molecule has 0 aliphatic carbocycles. The van der Waals surface area contributed by atoms with Crippen LogP contribution >= 0.6 is 0 Å². The number of aliphatic hydroxyl groups is 1. The van der Waals surface area contributed by atoms with E-state index in [4.69, 9.17) is 0 Å². The number of pyridine rings is 1. The van der Waals surface area contributed by atoms with Crippen LogP contribution < -0.4 is 10.2 Å². The molecule has 2 atom stereocenters. The predicted octanol–water partition coefficient (Wildman–Crippen LogP) is 2.61. The molecule has 1 aromatic carbocycles. The van der Waals surface area contributed by atoms with Crippen LogP contribution in [-0.4, -0.2) is 56.7 Å². The maximum absolute atomic E-state index is 11.0. The second kappa shape index (κ2) is 8.38. The molecule has 2 aromatic heterocycles. The SMILES string of the molecule is O[C@@H]1CN(c2cc(Nc3ccccn3)ncn2)CC[C@H]1N1CCc2ccccc2C1. The van der Waals surface area contributed by atoms with E-state index in [1.54, 1.807) is 12.5 Å². The summed E-state index contributed by atoms with van der Waals surface area (Å²) in [6, 6.07) is 16.4. The van der Waals surface area contributed by atoms with Crippen LogP contribution in [0.25, 0.3) is 0 Å². The molecular formula is C23H26N6O. The number of anilines is 3. The molecule has 0 bridgehead atoms. The predicted molar refractivity (Wildman–Crippen MR) is 117 cm³/mol. The van der Waals surface area contributed by atoms with Crippen molar-refractivity contribution in [3.05, 3.63) is 72.2 Å². The summed E-state index contributed by atoms with van der Waals surface area (Å²) in [6.07, 6.45) is 4.85. The minimum Gasteiger partial charge on any atom is -0.390 e. The lowest BCUT2D eigenvalue weighted by Crippen LogP contribution is -2.55. The van der Waals surface area contributed by atoms with Gasteiger partial charge in [-0.15, -0.1) is 0 Å². The van der Waals surface area contributed by atoms with E-state index in [9.17, 15) is 5.11 Å². The first-order valence-corrected chi connectivity index (χ1v) is 10.5. The number of fused-ring (bicyclic) bond motifs is 1. The van der Waals surface area contributed by atoms with Gasteiger partial charge in [0.2, 0.25) is 0 Å². The molecule has 7 nitrogen and oxygen atoms in total. The number of nitrogens with one attached hydrogen (secondary N) is 1. The second-order valence-corrected chi connectivity index (χ2v) is 7.96. The summed E-state index contributed by atoms with van der Waals surface area (Å²) in [6.45, 7) is 3.36. The minimum atomic E-state index is -0.411. The van der Waals surface area contributed by atoms with Gasteiger partial charge in [0, 0.05) is 44.5 Å². The van der Waals surface area contributed by atoms with E-state index in [-0.39, 0.29) is 6.04 Å². The Kier molecular flexibility index (Phi) is 5.29. The Morgan fingerprint density at radius 3 is 2.63 bits per heavy atom. The average Bonchev–Trinajstić information content (AvgIpc) is 2.79. The van der Waals surface area contributed by atoms with Gasteiger partial charge in [-0.25, -0.2) is 15.0 Å². The molecule has 0 saturated carbocycles. The first kappa shape index (κ1) is 19.0. The normalized spacial score (nSPS) is 21.8. The molecule has 2 aliphatic rings. The van der Waals surface area contributed by atoms with Crippen LogP contribution in [0.1, 0.15) is 17.5 Å². The van der Waals surface area contributed by atoms with Gasteiger partial charge >= 0.3 is 0 Å². The number of benzene rings is 1. The number of hydrogen-bond acceptors (Lipinski definition) is 7. The molecule has 2 N–H and O–H groups in total. The van der Waals surface area contributed by atoms with Crippen LogP contribution in [0.2, 0.25) is 0 Å². The molecule has 30 heavy (non-hydrogen) atoms. The molecule has 7 heteroatoms. The Morgan fingerprint density at radius 2 is 1.80 bits per heavy atom. The molecule has 0 spiro atoms. The van der Waals surface area contributed by atoms with Gasteiger partial charge in [-0.3, -0.25) is 4.90 Å². The van der Waals surface area contributed by atoms with Crippen LogP contribution in [0.5, 0.6) is 0 Å². The van der Waals surface area contributed by atoms with Gasteiger partial charge in [-0.1, -0.05) is 30.3 Å². The highest BCUT2D eigenvalue weighted by molar-refractivity contribution is 5.56. The van der Waals surface area contributed by atoms with Gasteiger partial charge in [0.25, 0.3) is 0 Å². The fraction of sp³-hybridized carbons (Fsp3) is 0.348. The van der Waals surface area contributed by atoms with Gasteiger partial charge < -0.3 is 15.3 Å². The maximum atomic E-state index is 11.0. The minimum absolute atomic E-state index is 0.183. The molecule has 3 aromatic rings. The zero-order valence-corrected chi connectivity index (χ0v) is 16.9. The van der Waals surface area contributed by atoms with Crippen molar-refractivity contribution in [2.45, 2.75) is 31.5 Å². The summed E-state index contributed by atoms with van der Waals surface area (Å²) in [5.41, 5.74) is 2.83. The highest BCUT2D eigenvalue weighted by atomic mass is 16.3. The van der Waals surface area contributed by atoms with Gasteiger partial charge in [0.05, 0.1) is 6.10 Å². The number of β-amino-alcohol motifs (C(OH)–C–C–N with tert-alkyl or cyclic N) is 1. The zero-order chi connectivity index (χ0) is 20.3. The van der Waals surface area contributed by atoms with Crippen molar-refractivity contribution in [2.24, 2.45) is 0 Å². The van der Waals surface area contributed by atoms with Crippen LogP contribution in [0.4, 0.5) is 17.5 Å². The third-order valence-electron chi connectivity index (χ3n) is 6.07. The number of aliphatic hydroxyl groups excluding tert-OH is 1. The smallest absolute Gasteiger partial charge is 0.137 e. The Balaban J connectivity index is 1.25. The van der Waals surface area contributed by atoms with Gasteiger partial charge in [0.1, 0.15) is 23.8 Å². The quantitative estimate of drug-likeness (QED) is 0.695. The van der Waals surface area contributed by atoms with Gasteiger partial charge in [-0.05, 0) is 36.1 Å².